The van der Waals surface area contributed by atoms with Gasteiger partial charge in [-0.05, 0) is 31.9 Å². The van der Waals surface area contributed by atoms with Crippen LogP contribution in [0.3, 0.4) is 0 Å². The second kappa shape index (κ2) is 4.66. The molecular formula is C11H12Cl2F3N3. The zero-order chi connectivity index (χ0) is 14.4. The van der Waals surface area contributed by atoms with Crippen molar-refractivity contribution < 1.29 is 13.2 Å². The maximum atomic E-state index is 13.0. The average molecular weight is 314 g/mol. The zero-order valence-corrected chi connectivity index (χ0v) is 11.8. The van der Waals surface area contributed by atoms with Crippen molar-refractivity contribution in [1.29, 1.82) is 0 Å². The molecule has 0 bridgehead atoms. The topological polar surface area (TPSA) is 29.0 Å². The van der Waals surface area contributed by atoms with Crippen LogP contribution in [0.4, 0.5) is 19.0 Å². The van der Waals surface area contributed by atoms with Crippen LogP contribution in [0.2, 0.25) is 10.3 Å². The molecule has 1 saturated heterocycles. The summed E-state index contributed by atoms with van der Waals surface area (Å²) in [6.07, 6.45) is -2.95. The fourth-order valence-electron chi connectivity index (χ4n) is 2.56. The van der Waals surface area contributed by atoms with Gasteiger partial charge in [-0.2, -0.15) is 18.2 Å². The van der Waals surface area contributed by atoms with E-state index in [1.54, 1.807) is 4.90 Å². The number of hydrogen-bond donors (Lipinski definition) is 0. The number of hydrogen-bond acceptors (Lipinski definition) is 3. The summed E-state index contributed by atoms with van der Waals surface area (Å²) >= 11 is 11.6. The Hall–Kier alpha value is -0.750. The number of anilines is 1. The van der Waals surface area contributed by atoms with Crippen molar-refractivity contribution in [2.24, 2.45) is 5.92 Å². The molecule has 1 atom stereocenters. The Labute approximate surface area is 118 Å². The smallest absolute Gasteiger partial charge is 0.349 e. The highest BCUT2D eigenvalue weighted by atomic mass is 35.5. The van der Waals surface area contributed by atoms with Crippen molar-refractivity contribution >= 4 is 29.0 Å². The van der Waals surface area contributed by atoms with Crippen LogP contribution in [0.25, 0.3) is 0 Å². The summed E-state index contributed by atoms with van der Waals surface area (Å²) in [5.41, 5.74) is -1.13. The Balaban J connectivity index is 2.40. The predicted molar refractivity (Wildman–Crippen MR) is 67.6 cm³/mol. The molecule has 2 heterocycles. The van der Waals surface area contributed by atoms with E-state index in [1.165, 1.54) is 20.0 Å². The molecule has 8 heteroatoms. The van der Waals surface area contributed by atoms with Crippen LogP contribution in [-0.4, -0.2) is 28.2 Å². The molecule has 1 aromatic rings. The molecule has 3 nitrogen and oxygen atoms in total. The van der Waals surface area contributed by atoms with Crippen LogP contribution in [-0.2, 0) is 0 Å². The molecule has 1 aliphatic rings. The van der Waals surface area contributed by atoms with Crippen LogP contribution in [0.1, 0.15) is 20.3 Å². The van der Waals surface area contributed by atoms with Crippen LogP contribution < -0.4 is 4.90 Å². The Morgan fingerprint density at radius 3 is 2.53 bits per heavy atom. The second-order valence-corrected chi connectivity index (χ2v) is 5.74. The van der Waals surface area contributed by atoms with Gasteiger partial charge in [0.1, 0.15) is 5.02 Å². The van der Waals surface area contributed by atoms with E-state index in [-0.39, 0.29) is 29.1 Å². The Kier molecular flexibility index (Phi) is 3.60. The van der Waals surface area contributed by atoms with Gasteiger partial charge < -0.3 is 4.90 Å². The maximum Gasteiger partial charge on any atom is 0.394 e. The minimum atomic E-state index is -4.25. The molecule has 0 radical (unpaired) electrons. The Bertz CT molecular complexity index is 491. The van der Waals surface area contributed by atoms with Gasteiger partial charge in [0, 0.05) is 12.1 Å². The first-order chi connectivity index (χ1) is 8.64. The van der Waals surface area contributed by atoms with E-state index in [9.17, 15) is 13.2 Å². The number of rotatable bonds is 1. The van der Waals surface area contributed by atoms with Gasteiger partial charge >= 0.3 is 6.18 Å². The summed E-state index contributed by atoms with van der Waals surface area (Å²) < 4.78 is 39.0. The first-order valence-corrected chi connectivity index (χ1v) is 6.42. The molecule has 106 valence electrons. The van der Waals surface area contributed by atoms with Gasteiger partial charge in [0.25, 0.3) is 0 Å². The summed E-state index contributed by atoms with van der Waals surface area (Å²) in [6, 6.07) is 0. The lowest BCUT2D eigenvalue weighted by molar-refractivity contribution is -0.183. The van der Waals surface area contributed by atoms with Crippen LogP contribution >= 0.6 is 23.2 Å². The van der Waals surface area contributed by atoms with Gasteiger partial charge in [0.05, 0.1) is 12.1 Å². The highest BCUT2D eigenvalue weighted by molar-refractivity contribution is 6.33. The van der Waals surface area contributed by atoms with Crippen molar-refractivity contribution in [3.05, 3.63) is 16.5 Å². The van der Waals surface area contributed by atoms with Gasteiger partial charge in [-0.25, -0.2) is 4.98 Å². The molecule has 2 rings (SSSR count). The predicted octanol–water partition coefficient (Wildman–Crippen LogP) is 3.95. The molecular weight excluding hydrogens is 302 g/mol. The largest absolute Gasteiger partial charge is 0.394 e. The van der Waals surface area contributed by atoms with Gasteiger partial charge in [-0.1, -0.05) is 11.6 Å². The van der Waals surface area contributed by atoms with Crippen LogP contribution in [0, 0.1) is 5.92 Å². The fourth-order valence-corrected chi connectivity index (χ4v) is 2.88. The van der Waals surface area contributed by atoms with Crippen molar-refractivity contribution in [1.82, 2.24) is 9.97 Å². The van der Waals surface area contributed by atoms with Gasteiger partial charge in [0.15, 0.2) is 5.82 Å². The van der Waals surface area contributed by atoms with Crippen molar-refractivity contribution in [2.75, 3.05) is 11.4 Å². The Morgan fingerprint density at radius 1 is 1.37 bits per heavy atom. The monoisotopic (exact) mass is 313 g/mol. The number of halogens is 5. The van der Waals surface area contributed by atoms with E-state index < -0.39 is 17.6 Å². The van der Waals surface area contributed by atoms with E-state index in [1.807, 2.05) is 0 Å². The minimum absolute atomic E-state index is 0.00838. The van der Waals surface area contributed by atoms with Gasteiger partial charge in [-0.15, -0.1) is 0 Å². The number of nitrogens with zero attached hydrogens (tertiary/aromatic N) is 3. The third kappa shape index (κ3) is 2.60. The molecule has 0 spiro atoms. The first-order valence-electron chi connectivity index (χ1n) is 5.66. The highest BCUT2D eigenvalue weighted by Gasteiger charge is 2.55. The zero-order valence-electron chi connectivity index (χ0n) is 10.3. The number of aromatic nitrogens is 2. The summed E-state index contributed by atoms with van der Waals surface area (Å²) in [6.45, 7) is 3.29. The Morgan fingerprint density at radius 2 is 2.00 bits per heavy atom. The van der Waals surface area contributed by atoms with Crippen molar-refractivity contribution in [3.8, 4) is 0 Å². The molecule has 0 aromatic carbocycles. The average Bonchev–Trinajstić information content (AvgIpc) is 2.57. The lowest BCUT2D eigenvalue weighted by Gasteiger charge is -2.37. The molecule has 1 aromatic heterocycles. The quantitative estimate of drug-likeness (QED) is 0.735. The number of alkyl halides is 3. The molecule has 0 N–H and O–H groups in total. The van der Waals surface area contributed by atoms with E-state index in [0.717, 1.165) is 0 Å². The first kappa shape index (κ1) is 14.7. The molecule has 1 aliphatic heterocycles. The van der Waals surface area contributed by atoms with E-state index in [0.29, 0.717) is 0 Å². The SMILES string of the molecule is CC1(C)C(C(F)(F)F)CCN1c1nc(Cl)ncc1Cl. The normalized spacial score (nSPS) is 22.9. The van der Waals surface area contributed by atoms with Crippen LogP contribution in [0.5, 0.6) is 0 Å². The lowest BCUT2D eigenvalue weighted by atomic mass is 9.88. The second-order valence-electron chi connectivity index (χ2n) is 5.00. The fraction of sp³-hybridized carbons (Fsp3) is 0.636. The molecule has 1 fully saturated rings. The summed E-state index contributed by atoms with van der Waals surface area (Å²) in [5, 5.41) is 0.158. The summed E-state index contributed by atoms with van der Waals surface area (Å²) in [7, 11) is 0. The highest BCUT2D eigenvalue weighted by Crippen LogP contribution is 2.47. The molecule has 19 heavy (non-hydrogen) atoms. The van der Waals surface area contributed by atoms with E-state index >= 15 is 0 Å². The molecule has 1 unspecified atom stereocenters. The van der Waals surface area contributed by atoms with Crippen molar-refractivity contribution in [2.45, 2.75) is 32.0 Å². The molecule has 0 aliphatic carbocycles. The lowest BCUT2D eigenvalue weighted by Crippen LogP contribution is -2.47. The van der Waals surface area contributed by atoms with Crippen molar-refractivity contribution in [3.63, 3.8) is 0 Å². The van der Waals surface area contributed by atoms with E-state index in [2.05, 4.69) is 9.97 Å². The summed E-state index contributed by atoms with van der Waals surface area (Å²) in [4.78, 5) is 9.19. The van der Waals surface area contributed by atoms with Crippen LogP contribution in [0.15, 0.2) is 6.20 Å². The molecule has 0 saturated carbocycles. The molecule has 0 amide bonds. The third-order valence-corrected chi connectivity index (χ3v) is 3.99. The van der Waals surface area contributed by atoms with Gasteiger partial charge in [0.2, 0.25) is 5.28 Å². The minimum Gasteiger partial charge on any atom is -0.349 e. The standard InChI is InChI=1S/C11H12Cl2F3N3/c1-10(2)7(11(14,15)16)3-4-19(10)8-6(12)5-17-9(13)18-8/h5,7H,3-4H2,1-2H3. The third-order valence-electron chi connectivity index (χ3n) is 3.54. The maximum absolute atomic E-state index is 13.0. The van der Waals surface area contributed by atoms with E-state index in [4.69, 9.17) is 23.2 Å². The summed E-state index contributed by atoms with van der Waals surface area (Å²) in [5.74, 6) is -1.18. The van der Waals surface area contributed by atoms with Gasteiger partial charge in [-0.3, -0.25) is 0 Å².